The van der Waals surface area contributed by atoms with Gasteiger partial charge in [0.25, 0.3) is 0 Å². The number of ether oxygens (including phenoxy) is 4. The van der Waals surface area contributed by atoms with Gasteiger partial charge >= 0.3 is 39.5 Å². The molecule has 0 aromatic rings. The summed E-state index contributed by atoms with van der Waals surface area (Å²) in [5.74, 6) is 0.300. The number of rotatable bonds is 79. The molecular weight excluding hydrogens is 1310 g/mol. The minimum atomic E-state index is -4.96. The summed E-state index contributed by atoms with van der Waals surface area (Å²) in [7, 11) is -9.92. The van der Waals surface area contributed by atoms with Crippen molar-refractivity contribution in [2.24, 2.45) is 17.8 Å². The summed E-state index contributed by atoms with van der Waals surface area (Å²) >= 11 is 0. The number of hydrogen-bond acceptors (Lipinski definition) is 15. The van der Waals surface area contributed by atoms with E-state index in [4.69, 9.17) is 37.0 Å². The number of phosphoric acid groups is 2. The van der Waals surface area contributed by atoms with Crippen LogP contribution in [0.4, 0.5) is 0 Å². The van der Waals surface area contributed by atoms with E-state index in [-0.39, 0.29) is 25.7 Å². The van der Waals surface area contributed by atoms with Crippen molar-refractivity contribution >= 4 is 39.5 Å². The van der Waals surface area contributed by atoms with Gasteiger partial charge in [0.05, 0.1) is 26.4 Å². The molecule has 0 bridgehead atoms. The van der Waals surface area contributed by atoms with Crippen molar-refractivity contribution in [3.05, 3.63) is 0 Å². The maximum absolute atomic E-state index is 13.1. The van der Waals surface area contributed by atoms with E-state index in [1.165, 1.54) is 225 Å². The highest BCUT2D eigenvalue weighted by molar-refractivity contribution is 7.47. The molecule has 0 rings (SSSR count). The Morgan fingerprint density at radius 3 is 0.710 bits per heavy atom. The van der Waals surface area contributed by atoms with Crippen LogP contribution < -0.4 is 0 Å². The Balaban J connectivity index is 5.22. The van der Waals surface area contributed by atoms with E-state index in [2.05, 4.69) is 48.5 Å². The summed E-state index contributed by atoms with van der Waals surface area (Å²) in [5, 5.41) is 10.6. The molecule has 0 radical (unpaired) electrons. The molecular formula is C81H158O17P2. The van der Waals surface area contributed by atoms with Crippen molar-refractivity contribution in [3.8, 4) is 0 Å². The number of carbonyl (C=O) groups is 4. The van der Waals surface area contributed by atoms with Gasteiger partial charge in [-0.15, -0.1) is 0 Å². The molecule has 3 N–H and O–H groups in total. The molecule has 5 unspecified atom stereocenters. The van der Waals surface area contributed by atoms with Crippen LogP contribution in [0.2, 0.25) is 0 Å². The van der Waals surface area contributed by atoms with Gasteiger partial charge in [-0.2, -0.15) is 0 Å². The van der Waals surface area contributed by atoms with Gasteiger partial charge in [-0.05, 0) is 43.4 Å². The van der Waals surface area contributed by atoms with Crippen molar-refractivity contribution in [2.75, 3.05) is 39.6 Å². The first kappa shape index (κ1) is 98.1. The van der Waals surface area contributed by atoms with Gasteiger partial charge in [-0.25, -0.2) is 9.13 Å². The monoisotopic (exact) mass is 1470 g/mol. The fourth-order valence-electron chi connectivity index (χ4n) is 12.4. The number of esters is 4. The molecule has 0 heterocycles. The van der Waals surface area contributed by atoms with Crippen molar-refractivity contribution in [2.45, 2.75) is 439 Å². The lowest BCUT2D eigenvalue weighted by Gasteiger charge is -2.21. The first-order chi connectivity index (χ1) is 48.3. The molecule has 0 fully saturated rings. The molecule has 0 saturated carbocycles. The normalized spacial score (nSPS) is 14.8. The average Bonchev–Trinajstić information content (AvgIpc) is 0.928. The van der Waals surface area contributed by atoms with Crippen molar-refractivity contribution in [3.63, 3.8) is 0 Å². The molecule has 8 atom stereocenters. The second-order valence-electron chi connectivity index (χ2n) is 29.9. The highest BCUT2D eigenvalue weighted by Gasteiger charge is 2.30. The third-order valence-corrected chi connectivity index (χ3v) is 21.9. The number of phosphoric ester groups is 2. The van der Waals surface area contributed by atoms with Crippen LogP contribution in [-0.4, -0.2) is 96.7 Å². The number of aliphatic hydroxyl groups excluding tert-OH is 1. The van der Waals surface area contributed by atoms with Crippen molar-refractivity contribution in [1.82, 2.24) is 0 Å². The maximum atomic E-state index is 13.1. The van der Waals surface area contributed by atoms with E-state index < -0.39 is 97.5 Å². The molecule has 17 nitrogen and oxygen atoms in total. The first-order valence-electron chi connectivity index (χ1n) is 42.0. The minimum absolute atomic E-state index is 0.107. The molecule has 100 heavy (non-hydrogen) atoms. The fourth-order valence-corrected chi connectivity index (χ4v) is 14.0. The van der Waals surface area contributed by atoms with Crippen LogP contribution in [0.3, 0.4) is 0 Å². The van der Waals surface area contributed by atoms with E-state index in [0.717, 1.165) is 114 Å². The average molecular weight is 1470 g/mol. The largest absolute Gasteiger partial charge is 0.472 e. The zero-order chi connectivity index (χ0) is 73.7. The Morgan fingerprint density at radius 2 is 0.480 bits per heavy atom. The number of unbranched alkanes of at least 4 members (excludes halogenated alkanes) is 44. The van der Waals surface area contributed by atoms with Crippen LogP contribution in [0.1, 0.15) is 421 Å². The molecule has 0 aromatic heterocycles. The van der Waals surface area contributed by atoms with Crippen LogP contribution >= 0.6 is 15.6 Å². The Labute approximate surface area is 613 Å². The van der Waals surface area contributed by atoms with Crippen molar-refractivity contribution in [1.29, 1.82) is 0 Å². The lowest BCUT2D eigenvalue weighted by atomic mass is 9.99. The highest BCUT2D eigenvalue weighted by Crippen LogP contribution is 2.45. The summed E-state index contributed by atoms with van der Waals surface area (Å²) in [6.07, 6.45) is 59.6. The fraction of sp³-hybridized carbons (Fsp3) is 0.951. The predicted molar refractivity (Wildman–Crippen MR) is 409 cm³/mol. The predicted octanol–water partition coefficient (Wildman–Crippen LogP) is 24.1. The lowest BCUT2D eigenvalue weighted by Crippen LogP contribution is -2.30. The number of hydrogen-bond donors (Lipinski definition) is 3. The molecule has 0 aromatic carbocycles. The van der Waals surface area contributed by atoms with Crippen LogP contribution in [0.15, 0.2) is 0 Å². The summed E-state index contributed by atoms with van der Waals surface area (Å²) in [4.78, 5) is 73.0. The Hall–Kier alpha value is -1.94. The quantitative estimate of drug-likeness (QED) is 0.0222. The maximum Gasteiger partial charge on any atom is 0.472 e. The van der Waals surface area contributed by atoms with Crippen molar-refractivity contribution < 1.29 is 80.2 Å². The zero-order valence-corrected chi connectivity index (χ0v) is 67.5. The molecule has 19 heteroatoms. The van der Waals surface area contributed by atoms with Crippen LogP contribution in [0, 0.1) is 17.8 Å². The van der Waals surface area contributed by atoms with Crippen LogP contribution in [-0.2, 0) is 65.4 Å². The van der Waals surface area contributed by atoms with Gasteiger partial charge in [0.1, 0.15) is 19.3 Å². The first-order valence-corrected chi connectivity index (χ1v) is 45.0. The molecule has 0 amide bonds. The van der Waals surface area contributed by atoms with Gasteiger partial charge in [0, 0.05) is 25.7 Å². The summed E-state index contributed by atoms with van der Waals surface area (Å²) in [5.41, 5.74) is 0. The Bertz CT molecular complexity index is 1950. The molecule has 594 valence electrons. The van der Waals surface area contributed by atoms with Gasteiger partial charge in [-0.3, -0.25) is 37.3 Å². The SMILES string of the molecule is CCCCCCCCCCCCCCCCC(=O)O[C@H](COC(=O)CCCCCCCCC(C)CC)COP(=O)(O)OC[C@H](O)COP(=O)(O)OC[C@@H](COC(=O)CCCCCCCCCCCCC(C)CC)OC(=O)CCCCCCCCCCCCCCCCCCCCC(C)CC. The molecule has 0 aliphatic heterocycles. The Morgan fingerprint density at radius 1 is 0.280 bits per heavy atom. The molecule has 0 aliphatic carbocycles. The van der Waals surface area contributed by atoms with E-state index in [1.807, 2.05) is 0 Å². The third-order valence-electron chi connectivity index (χ3n) is 20.0. The Kier molecular flexibility index (Phi) is 69.9. The van der Waals surface area contributed by atoms with E-state index in [9.17, 15) is 43.2 Å². The van der Waals surface area contributed by atoms with Gasteiger partial charge in [0.15, 0.2) is 12.2 Å². The highest BCUT2D eigenvalue weighted by atomic mass is 31.2. The van der Waals surface area contributed by atoms with E-state index in [1.54, 1.807) is 0 Å². The van der Waals surface area contributed by atoms with Crippen LogP contribution in [0.5, 0.6) is 0 Å². The smallest absolute Gasteiger partial charge is 0.462 e. The minimum Gasteiger partial charge on any atom is -0.462 e. The summed E-state index contributed by atoms with van der Waals surface area (Å²) < 4.78 is 68.7. The number of carbonyl (C=O) groups excluding carboxylic acids is 4. The second-order valence-corrected chi connectivity index (χ2v) is 32.8. The van der Waals surface area contributed by atoms with Gasteiger partial charge in [0.2, 0.25) is 0 Å². The lowest BCUT2D eigenvalue weighted by molar-refractivity contribution is -0.161. The van der Waals surface area contributed by atoms with Crippen LogP contribution in [0.25, 0.3) is 0 Å². The topological polar surface area (TPSA) is 237 Å². The van der Waals surface area contributed by atoms with E-state index >= 15 is 0 Å². The number of aliphatic hydroxyl groups is 1. The van der Waals surface area contributed by atoms with Gasteiger partial charge in [-0.1, -0.05) is 370 Å². The molecule has 0 saturated heterocycles. The summed E-state index contributed by atoms with van der Waals surface area (Å²) in [6.45, 7) is 12.0. The third kappa shape index (κ3) is 70.4. The molecule has 0 spiro atoms. The van der Waals surface area contributed by atoms with E-state index in [0.29, 0.717) is 25.7 Å². The standard InChI is InChI=1S/C81H158O17P2/c1-8-12-13-14-15-16-17-18-26-29-36-41-50-57-64-81(86)98-77(69-92-79(84)63-56-49-44-43-47-54-61-74(7)11-4)71-96-100(89,90)94-67-75(82)66-93-99(87,88)95-70-76(68-91-78(83)62-55-48-40-35-32-31-34-39-46-53-60-73(6)10-3)97-80(85)65-58-51-42-37-30-27-24-22-20-19-21-23-25-28-33-38-45-52-59-72(5)9-2/h72-77,82H,8-71H2,1-7H3,(H,87,88)(H,89,90)/t72?,73?,74?,75-,76-,77-/m1/s1. The zero-order valence-electron chi connectivity index (χ0n) is 65.7. The summed E-state index contributed by atoms with van der Waals surface area (Å²) in [6, 6.07) is 0. The van der Waals surface area contributed by atoms with Gasteiger partial charge < -0.3 is 33.8 Å². The second kappa shape index (κ2) is 71.3. The molecule has 0 aliphatic rings.